The van der Waals surface area contributed by atoms with Crippen LogP contribution in [0.4, 0.5) is 0 Å². The molecule has 2 aromatic carbocycles. The van der Waals surface area contributed by atoms with E-state index >= 15 is 0 Å². The highest BCUT2D eigenvalue weighted by Gasteiger charge is 2.41. The molecule has 0 amide bonds. The predicted molar refractivity (Wildman–Crippen MR) is 90.0 cm³/mol. The lowest BCUT2D eigenvalue weighted by Gasteiger charge is -2.35. The number of hydrogen-bond acceptors (Lipinski definition) is 4. The zero-order valence-corrected chi connectivity index (χ0v) is 13.6. The van der Waals surface area contributed by atoms with Crippen LogP contribution in [0.1, 0.15) is 17.5 Å². The normalized spacial score (nSPS) is 18.0. The smallest absolute Gasteiger partial charge is 0.119 e. The summed E-state index contributed by atoms with van der Waals surface area (Å²) in [5, 5.41) is 15.0. The molecule has 0 aliphatic carbocycles. The SMILES string of the molecule is COc1ccc(C(O)(c2ccc(OC)cc2)C2CCNC2)cc1. The molecular weight excluding hydrogens is 290 g/mol. The van der Waals surface area contributed by atoms with Crippen LogP contribution in [0.15, 0.2) is 48.5 Å². The van der Waals surface area contributed by atoms with E-state index in [9.17, 15) is 5.11 Å². The Morgan fingerprint density at radius 1 is 0.913 bits per heavy atom. The first-order valence-corrected chi connectivity index (χ1v) is 7.90. The maximum Gasteiger partial charge on any atom is 0.119 e. The average Bonchev–Trinajstić information content (AvgIpc) is 3.16. The second-order valence-corrected chi connectivity index (χ2v) is 5.91. The summed E-state index contributed by atoms with van der Waals surface area (Å²) in [6.45, 7) is 1.73. The molecular formula is C19H23NO3. The fourth-order valence-electron chi connectivity index (χ4n) is 3.34. The molecule has 1 heterocycles. The Kier molecular flexibility index (Phi) is 4.55. The Hall–Kier alpha value is -2.04. The van der Waals surface area contributed by atoms with Crippen LogP contribution in [0.3, 0.4) is 0 Å². The van der Waals surface area contributed by atoms with Gasteiger partial charge in [-0.2, -0.15) is 0 Å². The number of methoxy groups -OCH3 is 2. The lowest BCUT2D eigenvalue weighted by atomic mass is 9.75. The lowest BCUT2D eigenvalue weighted by molar-refractivity contribution is 0.0245. The van der Waals surface area contributed by atoms with Crippen molar-refractivity contribution in [2.75, 3.05) is 27.3 Å². The van der Waals surface area contributed by atoms with E-state index in [2.05, 4.69) is 5.32 Å². The number of aliphatic hydroxyl groups is 1. The summed E-state index contributed by atoms with van der Waals surface area (Å²) in [6.07, 6.45) is 0.939. The monoisotopic (exact) mass is 313 g/mol. The Morgan fingerprint density at radius 2 is 1.39 bits per heavy atom. The molecule has 122 valence electrons. The van der Waals surface area contributed by atoms with Crippen molar-refractivity contribution in [2.45, 2.75) is 12.0 Å². The second kappa shape index (κ2) is 6.60. The highest BCUT2D eigenvalue weighted by atomic mass is 16.5. The highest BCUT2D eigenvalue weighted by molar-refractivity contribution is 5.42. The van der Waals surface area contributed by atoms with Gasteiger partial charge in [0.25, 0.3) is 0 Å². The van der Waals surface area contributed by atoms with Crippen molar-refractivity contribution in [3.8, 4) is 11.5 Å². The number of rotatable bonds is 5. The molecule has 4 nitrogen and oxygen atoms in total. The molecule has 1 saturated heterocycles. The van der Waals surface area contributed by atoms with Crippen molar-refractivity contribution in [3.63, 3.8) is 0 Å². The van der Waals surface area contributed by atoms with E-state index in [1.54, 1.807) is 14.2 Å². The summed E-state index contributed by atoms with van der Waals surface area (Å²) >= 11 is 0. The zero-order valence-electron chi connectivity index (χ0n) is 13.6. The van der Waals surface area contributed by atoms with E-state index in [4.69, 9.17) is 9.47 Å². The Balaban J connectivity index is 2.04. The van der Waals surface area contributed by atoms with Gasteiger partial charge in [-0.1, -0.05) is 24.3 Å². The van der Waals surface area contributed by atoms with Crippen molar-refractivity contribution in [1.82, 2.24) is 5.32 Å². The summed E-state index contributed by atoms with van der Waals surface area (Å²) in [5.41, 5.74) is 0.747. The largest absolute Gasteiger partial charge is 0.497 e. The minimum atomic E-state index is -1.03. The number of ether oxygens (including phenoxy) is 2. The molecule has 1 unspecified atom stereocenters. The van der Waals surface area contributed by atoms with E-state index in [0.717, 1.165) is 42.1 Å². The predicted octanol–water partition coefficient (Wildman–Crippen LogP) is 2.55. The first-order valence-electron chi connectivity index (χ1n) is 7.90. The summed E-state index contributed by atoms with van der Waals surface area (Å²) in [6, 6.07) is 15.4. The molecule has 1 aliphatic rings. The number of benzene rings is 2. The molecule has 1 aliphatic heterocycles. The molecule has 4 heteroatoms. The number of nitrogens with one attached hydrogen (secondary N) is 1. The van der Waals surface area contributed by atoms with Crippen LogP contribution >= 0.6 is 0 Å². The van der Waals surface area contributed by atoms with Crippen LogP contribution in [-0.4, -0.2) is 32.4 Å². The minimum absolute atomic E-state index is 0.129. The van der Waals surface area contributed by atoms with Crippen LogP contribution in [0.25, 0.3) is 0 Å². The van der Waals surface area contributed by atoms with Gasteiger partial charge >= 0.3 is 0 Å². The van der Waals surface area contributed by atoms with Gasteiger partial charge in [0.05, 0.1) is 14.2 Å². The van der Waals surface area contributed by atoms with Gasteiger partial charge in [-0.25, -0.2) is 0 Å². The maximum absolute atomic E-state index is 11.7. The Labute approximate surface area is 137 Å². The average molecular weight is 313 g/mol. The lowest BCUT2D eigenvalue weighted by Crippen LogP contribution is -2.37. The van der Waals surface area contributed by atoms with Crippen LogP contribution < -0.4 is 14.8 Å². The summed E-state index contributed by atoms with van der Waals surface area (Å²) in [5.74, 6) is 1.70. The van der Waals surface area contributed by atoms with E-state index in [1.165, 1.54) is 0 Å². The molecule has 1 atom stereocenters. The van der Waals surface area contributed by atoms with Crippen molar-refractivity contribution >= 4 is 0 Å². The third-order valence-corrected chi connectivity index (χ3v) is 4.71. The summed E-state index contributed by atoms with van der Waals surface area (Å²) < 4.78 is 10.5. The van der Waals surface area contributed by atoms with Gasteiger partial charge in [0.1, 0.15) is 17.1 Å². The molecule has 23 heavy (non-hydrogen) atoms. The summed E-state index contributed by atoms with van der Waals surface area (Å²) in [7, 11) is 3.29. The van der Waals surface area contributed by atoms with Gasteiger partial charge in [-0.3, -0.25) is 0 Å². The quantitative estimate of drug-likeness (QED) is 0.891. The molecule has 0 saturated carbocycles. The molecule has 2 N–H and O–H groups in total. The van der Waals surface area contributed by atoms with Gasteiger partial charge in [0.2, 0.25) is 0 Å². The third-order valence-electron chi connectivity index (χ3n) is 4.71. The Bertz CT molecular complexity index is 583. The summed E-state index contributed by atoms with van der Waals surface area (Å²) in [4.78, 5) is 0. The molecule has 0 spiro atoms. The zero-order chi connectivity index (χ0) is 16.3. The molecule has 0 bridgehead atoms. The highest BCUT2D eigenvalue weighted by Crippen LogP contribution is 2.40. The van der Waals surface area contributed by atoms with Gasteiger partial charge < -0.3 is 19.9 Å². The topological polar surface area (TPSA) is 50.7 Å². The fraction of sp³-hybridized carbons (Fsp3) is 0.368. The van der Waals surface area contributed by atoms with Crippen LogP contribution in [0.2, 0.25) is 0 Å². The first kappa shape index (κ1) is 15.8. The van der Waals surface area contributed by atoms with Gasteiger partial charge in [0, 0.05) is 12.5 Å². The maximum atomic E-state index is 11.7. The second-order valence-electron chi connectivity index (χ2n) is 5.91. The van der Waals surface area contributed by atoms with E-state index in [1.807, 2.05) is 48.5 Å². The van der Waals surface area contributed by atoms with Crippen molar-refractivity contribution in [3.05, 3.63) is 59.7 Å². The van der Waals surface area contributed by atoms with Crippen molar-refractivity contribution in [2.24, 2.45) is 5.92 Å². The van der Waals surface area contributed by atoms with Gasteiger partial charge in [-0.05, 0) is 48.4 Å². The van der Waals surface area contributed by atoms with E-state index in [0.29, 0.717) is 0 Å². The minimum Gasteiger partial charge on any atom is -0.497 e. The van der Waals surface area contributed by atoms with Gasteiger partial charge in [0.15, 0.2) is 0 Å². The van der Waals surface area contributed by atoms with Crippen molar-refractivity contribution in [1.29, 1.82) is 0 Å². The molecule has 0 aromatic heterocycles. The molecule has 1 fully saturated rings. The Morgan fingerprint density at radius 3 is 1.74 bits per heavy atom. The van der Waals surface area contributed by atoms with E-state index in [-0.39, 0.29) is 5.92 Å². The number of hydrogen-bond donors (Lipinski definition) is 2. The van der Waals surface area contributed by atoms with Crippen LogP contribution in [-0.2, 0) is 5.60 Å². The standard InChI is InChI=1S/C19H23NO3/c1-22-17-7-3-14(4-8-17)19(21,16-11-12-20-13-16)15-5-9-18(23-2)10-6-15/h3-10,16,20-21H,11-13H2,1-2H3. The molecule has 2 aromatic rings. The van der Waals surface area contributed by atoms with Gasteiger partial charge in [-0.15, -0.1) is 0 Å². The van der Waals surface area contributed by atoms with Crippen LogP contribution in [0.5, 0.6) is 11.5 Å². The van der Waals surface area contributed by atoms with Crippen LogP contribution in [0, 0.1) is 5.92 Å². The van der Waals surface area contributed by atoms with Crippen molar-refractivity contribution < 1.29 is 14.6 Å². The molecule has 0 radical (unpaired) electrons. The fourth-order valence-corrected chi connectivity index (χ4v) is 3.34. The first-order chi connectivity index (χ1) is 11.2. The third kappa shape index (κ3) is 2.92. The molecule has 3 rings (SSSR count). The van der Waals surface area contributed by atoms with E-state index < -0.39 is 5.60 Å².